The summed E-state index contributed by atoms with van der Waals surface area (Å²) in [5.41, 5.74) is -0.992. The van der Waals surface area contributed by atoms with Crippen molar-refractivity contribution in [2.24, 2.45) is 0 Å². The number of carbonyl (C=O) groups is 2. The highest BCUT2D eigenvalue weighted by Crippen LogP contribution is 2.31. The van der Waals surface area contributed by atoms with E-state index in [2.05, 4.69) is 10.6 Å². The monoisotopic (exact) mass is 280 g/mol. The number of fused-ring (bicyclic) bond motifs is 1. The summed E-state index contributed by atoms with van der Waals surface area (Å²) in [5.74, 6) is -1.45. The van der Waals surface area contributed by atoms with Gasteiger partial charge in [-0.3, -0.25) is 4.79 Å². The average molecular weight is 280 g/mol. The van der Waals surface area contributed by atoms with Gasteiger partial charge >= 0.3 is 5.97 Å². The third kappa shape index (κ3) is 2.83. The standard InChI is InChI=1S/C13H16N2O5/c1-13(19,12(17)18)7-15-11(16)8-3-2-4-9-10(8)20-6-5-14-9/h2-4,14,19H,5-7H2,1H3,(H,15,16)(H,17,18). The molecular formula is C13H16N2O5. The van der Waals surface area contributed by atoms with Crippen LogP contribution >= 0.6 is 0 Å². The summed E-state index contributed by atoms with van der Waals surface area (Å²) in [4.78, 5) is 22.8. The number of carbonyl (C=O) groups excluding carboxylic acids is 1. The Labute approximate surface area is 115 Å². The van der Waals surface area contributed by atoms with E-state index in [1.165, 1.54) is 0 Å². The maximum absolute atomic E-state index is 12.1. The number of hydrogen-bond acceptors (Lipinski definition) is 5. The van der Waals surface area contributed by atoms with Crippen molar-refractivity contribution in [3.05, 3.63) is 23.8 Å². The van der Waals surface area contributed by atoms with Crippen LogP contribution in [0.15, 0.2) is 18.2 Å². The number of nitrogens with one attached hydrogen (secondary N) is 2. The zero-order valence-electron chi connectivity index (χ0n) is 11.0. The topological polar surface area (TPSA) is 108 Å². The first-order chi connectivity index (χ1) is 9.42. The fraction of sp³-hybridized carbons (Fsp3) is 0.385. The molecule has 1 aliphatic heterocycles. The Bertz CT molecular complexity index is 542. The number of aliphatic carboxylic acids is 1. The largest absolute Gasteiger partial charge is 0.489 e. The van der Waals surface area contributed by atoms with Gasteiger partial charge in [0.2, 0.25) is 0 Å². The highest BCUT2D eigenvalue weighted by atomic mass is 16.5. The van der Waals surface area contributed by atoms with Gasteiger partial charge in [0.05, 0.1) is 17.8 Å². The molecule has 0 radical (unpaired) electrons. The summed E-state index contributed by atoms with van der Waals surface area (Å²) in [6.07, 6.45) is 0. The normalized spacial score (nSPS) is 16.1. The Hall–Kier alpha value is -2.28. The van der Waals surface area contributed by atoms with E-state index in [4.69, 9.17) is 9.84 Å². The summed E-state index contributed by atoms with van der Waals surface area (Å²) in [7, 11) is 0. The van der Waals surface area contributed by atoms with Crippen LogP contribution in [0.25, 0.3) is 0 Å². The predicted molar refractivity (Wildman–Crippen MR) is 71.0 cm³/mol. The lowest BCUT2D eigenvalue weighted by Crippen LogP contribution is -2.46. The van der Waals surface area contributed by atoms with Gasteiger partial charge in [-0.2, -0.15) is 0 Å². The van der Waals surface area contributed by atoms with Gasteiger partial charge in [0, 0.05) is 6.54 Å². The molecule has 0 saturated carbocycles. The van der Waals surface area contributed by atoms with Gasteiger partial charge < -0.3 is 25.6 Å². The number of anilines is 1. The molecular weight excluding hydrogens is 264 g/mol. The Balaban J connectivity index is 2.12. The van der Waals surface area contributed by atoms with Gasteiger partial charge in [-0.25, -0.2) is 4.79 Å². The lowest BCUT2D eigenvalue weighted by atomic mass is 10.1. The first-order valence-electron chi connectivity index (χ1n) is 6.15. The van der Waals surface area contributed by atoms with Crippen LogP contribution in [0, 0.1) is 0 Å². The molecule has 0 bridgehead atoms. The van der Waals surface area contributed by atoms with Crippen LogP contribution in [0.4, 0.5) is 5.69 Å². The van der Waals surface area contributed by atoms with Crippen molar-refractivity contribution in [1.29, 1.82) is 0 Å². The number of carboxylic acids is 1. The Morgan fingerprint density at radius 1 is 1.50 bits per heavy atom. The molecule has 1 amide bonds. The van der Waals surface area contributed by atoms with Crippen LogP contribution in [0.3, 0.4) is 0 Å². The average Bonchev–Trinajstić information content (AvgIpc) is 2.44. The maximum atomic E-state index is 12.1. The van der Waals surface area contributed by atoms with Crippen molar-refractivity contribution in [2.75, 3.05) is 25.0 Å². The quantitative estimate of drug-likeness (QED) is 0.621. The summed E-state index contributed by atoms with van der Waals surface area (Å²) in [6.45, 7) is 1.84. The Kier molecular flexibility index (Phi) is 3.80. The number of carboxylic acid groups (broad SMARTS) is 1. The van der Waals surface area contributed by atoms with E-state index in [9.17, 15) is 14.7 Å². The molecule has 1 unspecified atom stereocenters. The summed E-state index contributed by atoms with van der Waals surface area (Å²) in [6, 6.07) is 5.07. The zero-order chi connectivity index (χ0) is 14.8. The van der Waals surface area contributed by atoms with Crippen molar-refractivity contribution >= 4 is 17.6 Å². The highest BCUT2D eigenvalue weighted by molar-refractivity contribution is 5.99. The number of aliphatic hydroxyl groups is 1. The fourth-order valence-electron chi connectivity index (χ4n) is 1.77. The van der Waals surface area contributed by atoms with Crippen LogP contribution in [-0.4, -0.2) is 47.4 Å². The minimum atomic E-state index is -2.01. The first kappa shape index (κ1) is 14.1. The molecule has 0 saturated heterocycles. The van der Waals surface area contributed by atoms with Crippen LogP contribution in [0.5, 0.6) is 5.75 Å². The molecule has 0 aliphatic carbocycles. The molecule has 1 atom stereocenters. The van der Waals surface area contributed by atoms with E-state index < -0.39 is 24.0 Å². The second-order valence-electron chi connectivity index (χ2n) is 4.72. The van der Waals surface area contributed by atoms with E-state index in [1.54, 1.807) is 18.2 Å². The highest BCUT2D eigenvalue weighted by Gasteiger charge is 2.31. The minimum absolute atomic E-state index is 0.302. The van der Waals surface area contributed by atoms with E-state index in [0.717, 1.165) is 6.92 Å². The van der Waals surface area contributed by atoms with Crippen molar-refractivity contribution in [3.63, 3.8) is 0 Å². The van der Waals surface area contributed by atoms with E-state index in [-0.39, 0.29) is 0 Å². The molecule has 4 N–H and O–H groups in total. The van der Waals surface area contributed by atoms with Gasteiger partial charge in [-0.15, -0.1) is 0 Å². The molecule has 7 heteroatoms. The van der Waals surface area contributed by atoms with Crippen molar-refractivity contribution < 1.29 is 24.5 Å². The minimum Gasteiger partial charge on any atom is -0.489 e. The smallest absolute Gasteiger partial charge is 0.337 e. The molecule has 1 aromatic rings. The molecule has 1 aliphatic rings. The number of hydrogen-bond donors (Lipinski definition) is 4. The number of para-hydroxylation sites is 1. The van der Waals surface area contributed by atoms with Crippen LogP contribution in [0.1, 0.15) is 17.3 Å². The Morgan fingerprint density at radius 2 is 2.25 bits per heavy atom. The molecule has 0 aromatic heterocycles. The molecule has 108 valence electrons. The molecule has 20 heavy (non-hydrogen) atoms. The summed E-state index contributed by atoms with van der Waals surface area (Å²) in [5, 5.41) is 23.8. The van der Waals surface area contributed by atoms with Gasteiger partial charge in [-0.05, 0) is 19.1 Å². The van der Waals surface area contributed by atoms with E-state index >= 15 is 0 Å². The number of rotatable bonds is 4. The SMILES string of the molecule is CC(O)(CNC(=O)c1cccc2c1OCCN2)C(=O)O. The van der Waals surface area contributed by atoms with Gasteiger partial charge in [0.15, 0.2) is 11.4 Å². The van der Waals surface area contributed by atoms with Crippen molar-refractivity contribution in [2.45, 2.75) is 12.5 Å². The fourth-order valence-corrected chi connectivity index (χ4v) is 1.77. The van der Waals surface area contributed by atoms with Crippen LogP contribution in [-0.2, 0) is 4.79 Å². The summed E-state index contributed by atoms with van der Waals surface area (Å²) < 4.78 is 5.45. The lowest BCUT2D eigenvalue weighted by molar-refractivity contribution is -0.155. The second kappa shape index (κ2) is 5.38. The maximum Gasteiger partial charge on any atom is 0.337 e. The van der Waals surface area contributed by atoms with Crippen molar-refractivity contribution in [3.8, 4) is 5.75 Å². The lowest BCUT2D eigenvalue weighted by Gasteiger charge is -2.22. The second-order valence-corrected chi connectivity index (χ2v) is 4.72. The molecule has 2 rings (SSSR count). The van der Waals surface area contributed by atoms with Gasteiger partial charge in [0.1, 0.15) is 6.61 Å². The zero-order valence-corrected chi connectivity index (χ0v) is 11.0. The number of ether oxygens (including phenoxy) is 1. The number of benzene rings is 1. The molecule has 7 nitrogen and oxygen atoms in total. The molecule has 1 aromatic carbocycles. The summed E-state index contributed by atoms with van der Waals surface area (Å²) >= 11 is 0. The Morgan fingerprint density at radius 3 is 2.95 bits per heavy atom. The first-order valence-corrected chi connectivity index (χ1v) is 6.15. The predicted octanol–water partition coefficient (Wildman–Crippen LogP) is 0.0563. The van der Waals surface area contributed by atoms with Crippen molar-refractivity contribution in [1.82, 2.24) is 5.32 Å². The number of amides is 1. The third-order valence-electron chi connectivity index (χ3n) is 2.98. The third-order valence-corrected chi connectivity index (χ3v) is 2.98. The van der Waals surface area contributed by atoms with Gasteiger partial charge in [-0.1, -0.05) is 6.07 Å². The molecule has 1 heterocycles. The van der Waals surface area contributed by atoms with E-state index in [0.29, 0.717) is 30.2 Å². The molecule has 0 fully saturated rings. The van der Waals surface area contributed by atoms with Crippen LogP contribution in [0.2, 0.25) is 0 Å². The van der Waals surface area contributed by atoms with Crippen LogP contribution < -0.4 is 15.4 Å². The van der Waals surface area contributed by atoms with Gasteiger partial charge in [0.25, 0.3) is 5.91 Å². The van der Waals surface area contributed by atoms with E-state index in [1.807, 2.05) is 0 Å². The molecule has 0 spiro atoms.